The Morgan fingerprint density at radius 2 is 2.00 bits per heavy atom. The van der Waals surface area contributed by atoms with Crippen molar-refractivity contribution in [2.24, 2.45) is 0 Å². The number of piperazine rings is 1. The largest absolute Gasteiger partial charge is 0.300 e. The average molecular weight is 257 g/mol. The number of likely N-dealkylation sites (N-methyl/N-ethyl adjacent to an activating group) is 1. The Kier molecular flexibility index (Phi) is 4.95. The lowest BCUT2D eigenvalue weighted by atomic mass is 10.0. The molecule has 3 heteroatoms. The fraction of sp³-hybridized carbons (Fsp3) is 0.562. The second-order valence-corrected chi connectivity index (χ2v) is 5.54. The summed E-state index contributed by atoms with van der Waals surface area (Å²) in [4.78, 5) is 4.85. The quantitative estimate of drug-likeness (QED) is 0.828. The third kappa shape index (κ3) is 3.79. The molecule has 1 aromatic rings. The number of nitrogens with zero attached hydrogens (tertiary/aromatic N) is 3. The zero-order valence-electron chi connectivity index (χ0n) is 11.9. The summed E-state index contributed by atoms with van der Waals surface area (Å²) < 4.78 is 0. The molecule has 0 spiro atoms. The fourth-order valence-electron chi connectivity index (χ4n) is 2.83. The maximum absolute atomic E-state index is 8.90. The van der Waals surface area contributed by atoms with Gasteiger partial charge in [-0.25, -0.2) is 0 Å². The molecule has 1 heterocycles. The Labute approximate surface area is 116 Å². The van der Waals surface area contributed by atoms with Gasteiger partial charge in [-0.1, -0.05) is 30.3 Å². The third-order valence-corrected chi connectivity index (χ3v) is 4.10. The van der Waals surface area contributed by atoms with Gasteiger partial charge in [-0.3, -0.25) is 9.80 Å². The van der Waals surface area contributed by atoms with E-state index in [1.165, 1.54) is 5.56 Å². The minimum Gasteiger partial charge on any atom is -0.300 e. The zero-order valence-corrected chi connectivity index (χ0v) is 11.9. The molecule has 2 unspecified atom stereocenters. The second-order valence-electron chi connectivity index (χ2n) is 5.54. The van der Waals surface area contributed by atoms with Crippen molar-refractivity contribution in [3.63, 3.8) is 0 Å². The predicted octanol–water partition coefficient (Wildman–Crippen LogP) is 2.15. The van der Waals surface area contributed by atoms with E-state index in [9.17, 15) is 0 Å². The molecule has 0 amide bonds. The molecule has 19 heavy (non-hydrogen) atoms. The van der Waals surface area contributed by atoms with E-state index >= 15 is 0 Å². The van der Waals surface area contributed by atoms with Crippen molar-refractivity contribution in [2.45, 2.75) is 31.8 Å². The van der Waals surface area contributed by atoms with Crippen LogP contribution in [-0.4, -0.2) is 48.6 Å². The number of benzene rings is 1. The highest BCUT2D eigenvalue weighted by Crippen LogP contribution is 2.16. The van der Waals surface area contributed by atoms with Gasteiger partial charge in [0.2, 0.25) is 0 Å². The molecule has 1 aliphatic heterocycles. The van der Waals surface area contributed by atoms with E-state index in [0.717, 1.165) is 26.1 Å². The van der Waals surface area contributed by atoms with Crippen LogP contribution in [0.3, 0.4) is 0 Å². The van der Waals surface area contributed by atoms with Gasteiger partial charge in [-0.05, 0) is 26.0 Å². The van der Waals surface area contributed by atoms with Crippen LogP contribution < -0.4 is 0 Å². The first-order valence-corrected chi connectivity index (χ1v) is 7.06. The molecule has 3 nitrogen and oxygen atoms in total. The van der Waals surface area contributed by atoms with Crippen LogP contribution in [0.15, 0.2) is 30.3 Å². The molecule has 1 fully saturated rings. The van der Waals surface area contributed by atoms with Gasteiger partial charge in [0.1, 0.15) is 0 Å². The minimum atomic E-state index is 0.386. The lowest BCUT2D eigenvalue weighted by molar-refractivity contribution is 0.0551. The van der Waals surface area contributed by atoms with Crippen molar-refractivity contribution in [1.82, 2.24) is 9.80 Å². The number of nitriles is 1. The molecule has 1 aromatic carbocycles. The van der Waals surface area contributed by atoms with Gasteiger partial charge in [0.25, 0.3) is 0 Å². The first-order chi connectivity index (χ1) is 9.20. The van der Waals surface area contributed by atoms with Gasteiger partial charge in [-0.15, -0.1) is 0 Å². The van der Waals surface area contributed by atoms with Gasteiger partial charge < -0.3 is 0 Å². The van der Waals surface area contributed by atoms with Crippen LogP contribution in [0.5, 0.6) is 0 Å². The molecule has 0 radical (unpaired) electrons. The molecule has 0 aliphatic carbocycles. The molecule has 0 bridgehead atoms. The van der Waals surface area contributed by atoms with Crippen molar-refractivity contribution in [2.75, 3.05) is 26.7 Å². The third-order valence-electron chi connectivity index (χ3n) is 4.10. The van der Waals surface area contributed by atoms with E-state index in [2.05, 4.69) is 60.2 Å². The molecule has 1 aliphatic rings. The van der Waals surface area contributed by atoms with E-state index in [1.807, 2.05) is 0 Å². The second kappa shape index (κ2) is 6.70. The van der Waals surface area contributed by atoms with Gasteiger partial charge in [0.15, 0.2) is 0 Å². The Morgan fingerprint density at radius 3 is 2.68 bits per heavy atom. The molecule has 0 N–H and O–H groups in total. The summed E-state index contributed by atoms with van der Waals surface area (Å²) in [5.74, 6) is 0. The molecule has 2 atom stereocenters. The van der Waals surface area contributed by atoms with Crippen LogP contribution in [0.2, 0.25) is 0 Å². The lowest BCUT2D eigenvalue weighted by Crippen LogP contribution is -2.56. The number of rotatable bonds is 4. The van der Waals surface area contributed by atoms with E-state index in [4.69, 9.17) is 5.26 Å². The van der Waals surface area contributed by atoms with Crippen molar-refractivity contribution in [3.05, 3.63) is 35.9 Å². The van der Waals surface area contributed by atoms with Crippen molar-refractivity contribution < 1.29 is 0 Å². The van der Waals surface area contributed by atoms with Gasteiger partial charge in [0, 0.05) is 31.7 Å². The fourth-order valence-corrected chi connectivity index (χ4v) is 2.83. The SMILES string of the molecule is CC1CN(C)C(CC#N)CN1CCc1ccccc1. The van der Waals surface area contributed by atoms with Crippen LogP contribution in [0.4, 0.5) is 0 Å². The highest BCUT2D eigenvalue weighted by Gasteiger charge is 2.28. The first-order valence-electron chi connectivity index (χ1n) is 7.06. The predicted molar refractivity (Wildman–Crippen MR) is 77.8 cm³/mol. The van der Waals surface area contributed by atoms with E-state index in [0.29, 0.717) is 18.5 Å². The summed E-state index contributed by atoms with van der Waals surface area (Å²) >= 11 is 0. The smallest absolute Gasteiger partial charge is 0.0638 e. The summed E-state index contributed by atoms with van der Waals surface area (Å²) in [6, 6.07) is 13.9. The monoisotopic (exact) mass is 257 g/mol. The van der Waals surface area contributed by atoms with E-state index in [1.54, 1.807) is 0 Å². The Balaban J connectivity index is 1.90. The van der Waals surface area contributed by atoms with Crippen LogP contribution in [0.25, 0.3) is 0 Å². The lowest BCUT2D eigenvalue weighted by Gasteiger charge is -2.43. The first kappa shape index (κ1) is 14.0. The van der Waals surface area contributed by atoms with Crippen LogP contribution in [-0.2, 0) is 6.42 Å². The van der Waals surface area contributed by atoms with Crippen molar-refractivity contribution >= 4 is 0 Å². The highest BCUT2D eigenvalue weighted by atomic mass is 15.3. The maximum atomic E-state index is 8.90. The molecule has 0 aromatic heterocycles. The number of hydrogen-bond acceptors (Lipinski definition) is 3. The maximum Gasteiger partial charge on any atom is 0.0638 e. The summed E-state index contributed by atoms with van der Waals surface area (Å²) in [7, 11) is 2.13. The normalized spacial score (nSPS) is 25.1. The van der Waals surface area contributed by atoms with Crippen molar-refractivity contribution in [3.8, 4) is 6.07 Å². The highest BCUT2D eigenvalue weighted by molar-refractivity contribution is 5.15. The Morgan fingerprint density at radius 1 is 1.26 bits per heavy atom. The Hall–Kier alpha value is -1.37. The zero-order chi connectivity index (χ0) is 13.7. The minimum absolute atomic E-state index is 0.386. The molecule has 2 rings (SSSR count). The summed E-state index contributed by atoms with van der Waals surface area (Å²) in [5, 5.41) is 8.90. The standard InChI is InChI=1S/C16H23N3/c1-14-12-18(2)16(8-10-17)13-19(14)11-9-15-6-4-3-5-7-15/h3-7,14,16H,8-9,11-13H2,1-2H3. The number of hydrogen-bond donors (Lipinski definition) is 0. The molecule has 102 valence electrons. The summed E-state index contributed by atoms with van der Waals surface area (Å²) in [5.41, 5.74) is 1.39. The average Bonchev–Trinajstić information content (AvgIpc) is 2.42. The van der Waals surface area contributed by atoms with Crippen LogP contribution in [0, 0.1) is 11.3 Å². The van der Waals surface area contributed by atoms with Gasteiger partial charge >= 0.3 is 0 Å². The van der Waals surface area contributed by atoms with Gasteiger partial charge in [-0.2, -0.15) is 5.26 Å². The topological polar surface area (TPSA) is 30.3 Å². The molecular formula is C16H23N3. The van der Waals surface area contributed by atoms with Crippen LogP contribution in [0.1, 0.15) is 18.9 Å². The summed E-state index contributed by atoms with van der Waals surface area (Å²) in [6.07, 6.45) is 1.72. The van der Waals surface area contributed by atoms with Crippen LogP contribution >= 0.6 is 0 Å². The van der Waals surface area contributed by atoms with Gasteiger partial charge in [0.05, 0.1) is 12.5 Å². The molecular weight excluding hydrogens is 234 g/mol. The molecule has 1 saturated heterocycles. The van der Waals surface area contributed by atoms with E-state index in [-0.39, 0.29) is 0 Å². The Bertz CT molecular complexity index is 423. The molecule has 0 saturated carbocycles. The van der Waals surface area contributed by atoms with Crippen molar-refractivity contribution in [1.29, 1.82) is 5.26 Å². The summed E-state index contributed by atoms with van der Waals surface area (Å²) in [6.45, 7) is 5.43. The van der Waals surface area contributed by atoms with E-state index < -0.39 is 0 Å².